The zero-order chi connectivity index (χ0) is 13.2. The van der Waals surface area contributed by atoms with Gasteiger partial charge in [-0.15, -0.1) is 11.3 Å². The molecule has 0 saturated heterocycles. The number of nitrogens with zero attached hydrogens (tertiary/aromatic N) is 2. The highest BCUT2D eigenvalue weighted by atomic mass is 32.1. The minimum atomic E-state index is 0.434. The molecule has 0 bridgehead atoms. The van der Waals surface area contributed by atoms with Gasteiger partial charge in [-0.25, -0.2) is 0 Å². The topological polar surface area (TPSA) is 76.8 Å². The normalized spacial score (nSPS) is 10.6. The predicted octanol–water partition coefficient (Wildman–Crippen LogP) is 2.79. The Morgan fingerprint density at radius 3 is 2.95 bits per heavy atom. The quantitative estimate of drug-likeness (QED) is 0.768. The molecule has 3 rings (SSSR count). The highest BCUT2D eigenvalue weighted by Crippen LogP contribution is 2.41. The summed E-state index contributed by atoms with van der Waals surface area (Å²) in [5, 5.41) is 9.02. The van der Waals surface area contributed by atoms with Crippen molar-refractivity contribution >= 4 is 17.2 Å². The lowest BCUT2D eigenvalue weighted by Crippen LogP contribution is -1.90. The van der Waals surface area contributed by atoms with Crippen molar-refractivity contribution in [3.8, 4) is 27.6 Å². The smallest absolute Gasteiger partial charge is 0.155 e. The number of anilines is 1. The third-order valence-electron chi connectivity index (χ3n) is 2.79. The second-order valence-electron chi connectivity index (χ2n) is 3.89. The van der Waals surface area contributed by atoms with Crippen LogP contribution in [0.4, 0.5) is 5.82 Å². The lowest BCUT2D eigenvalue weighted by molar-refractivity contribution is 0.418. The average Bonchev–Trinajstić information content (AvgIpc) is 3.05. The Labute approximate surface area is 114 Å². The van der Waals surface area contributed by atoms with Crippen molar-refractivity contribution in [3.63, 3.8) is 0 Å². The third-order valence-corrected chi connectivity index (χ3v) is 3.70. The molecule has 3 heterocycles. The molecule has 0 amide bonds. The summed E-state index contributed by atoms with van der Waals surface area (Å²) >= 11 is 1.57. The number of rotatable bonds is 3. The number of aromatic amines is 1. The van der Waals surface area contributed by atoms with Crippen LogP contribution in [-0.4, -0.2) is 22.3 Å². The van der Waals surface area contributed by atoms with Gasteiger partial charge in [0.25, 0.3) is 0 Å². The van der Waals surface area contributed by atoms with Crippen molar-refractivity contribution in [1.82, 2.24) is 15.2 Å². The van der Waals surface area contributed by atoms with E-state index in [2.05, 4.69) is 15.2 Å². The molecule has 6 heteroatoms. The number of pyridine rings is 1. The molecule has 0 radical (unpaired) electrons. The van der Waals surface area contributed by atoms with Gasteiger partial charge in [-0.2, -0.15) is 5.10 Å². The molecule has 5 nitrogen and oxygen atoms in total. The van der Waals surface area contributed by atoms with Gasteiger partial charge in [-0.05, 0) is 23.6 Å². The molecule has 3 N–H and O–H groups in total. The summed E-state index contributed by atoms with van der Waals surface area (Å²) in [6.45, 7) is 0. The highest BCUT2D eigenvalue weighted by molar-refractivity contribution is 7.14. The van der Waals surface area contributed by atoms with Crippen LogP contribution >= 0.6 is 11.3 Å². The first-order valence-corrected chi connectivity index (χ1v) is 6.56. The van der Waals surface area contributed by atoms with Gasteiger partial charge in [0.1, 0.15) is 5.75 Å². The van der Waals surface area contributed by atoms with Crippen LogP contribution in [0.3, 0.4) is 0 Å². The van der Waals surface area contributed by atoms with Crippen LogP contribution in [0.1, 0.15) is 0 Å². The molecule has 0 aromatic carbocycles. The van der Waals surface area contributed by atoms with Crippen LogP contribution in [-0.2, 0) is 0 Å². The van der Waals surface area contributed by atoms with E-state index in [1.807, 2.05) is 29.6 Å². The third kappa shape index (κ3) is 1.96. The Hall–Kier alpha value is -2.34. The van der Waals surface area contributed by atoms with Crippen LogP contribution in [0.25, 0.3) is 21.8 Å². The Balaban J connectivity index is 2.20. The van der Waals surface area contributed by atoms with Gasteiger partial charge < -0.3 is 10.5 Å². The van der Waals surface area contributed by atoms with Gasteiger partial charge in [0.15, 0.2) is 5.82 Å². The van der Waals surface area contributed by atoms with Crippen molar-refractivity contribution in [2.45, 2.75) is 0 Å². The fourth-order valence-corrected chi connectivity index (χ4v) is 2.79. The summed E-state index contributed by atoms with van der Waals surface area (Å²) < 4.78 is 5.34. The summed E-state index contributed by atoms with van der Waals surface area (Å²) in [7, 11) is 1.64. The standard InChI is InChI=1S/C13H12N4OS/c1-18-9-5-7-19-12(9)11-10(13(14)17-16-11)8-4-2-3-6-15-8/h2-7H,1H3,(H3,14,16,17). The van der Waals surface area contributed by atoms with Crippen molar-refractivity contribution in [1.29, 1.82) is 0 Å². The Kier molecular flexibility index (Phi) is 2.92. The molecule has 0 spiro atoms. The number of nitrogens with one attached hydrogen (secondary N) is 1. The van der Waals surface area contributed by atoms with Gasteiger partial charge in [0.2, 0.25) is 0 Å². The van der Waals surface area contributed by atoms with E-state index in [9.17, 15) is 0 Å². The van der Waals surface area contributed by atoms with E-state index in [0.29, 0.717) is 5.82 Å². The first-order chi connectivity index (χ1) is 9.31. The fraction of sp³-hybridized carbons (Fsp3) is 0.0769. The molecule has 0 saturated carbocycles. The maximum Gasteiger partial charge on any atom is 0.155 e. The lowest BCUT2D eigenvalue weighted by Gasteiger charge is -2.04. The number of H-pyrrole nitrogens is 1. The zero-order valence-corrected chi connectivity index (χ0v) is 11.1. The number of methoxy groups -OCH3 is 1. The summed E-state index contributed by atoms with van der Waals surface area (Å²) in [6.07, 6.45) is 1.73. The maximum absolute atomic E-state index is 5.95. The molecule has 0 aliphatic rings. The molecule has 0 atom stereocenters. The number of nitrogens with two attached hydrogens (primary N) is 1. The van der Waals surface area contributed by atoms with Crippen LogP contribution in [0.15, 0.2) is 35.8 Å². The molecule has 0 aliphatic carbocycles. The van der Waals surface area contributed by atoms with Crippen molar-refractivity contribution < 1.29 is 4.74 Å². The van der Waals surface area contributed by atoms with Crippen LogP contribution < -0.4 is 10.5 Å². The Morgan fingerprint density at radius 1 is 1.32 bits per heavy atom. The second-order valence-corrected chi connectivity index (χ2v) is 4.81. The largest absolute Gasteiger partial charge is 0.495 e. The monoisotopic (exact) mass is 272 g/mol. The second kappa shape index (κ2) is 4.74. The number of hydrogen-bond acceptors (Lipinski definition) is 5. The van der Waals surface area contributed by atoms with Gasteiger partial charge in [0.05, 0.1) is 28.9 Å². The first kappa shape index (κ1) is 11.7. The summed E-state index contributed by atoms with van der Waals surface area (Å²) in [4.78, 5) is 5.30. The van der Waals surface area contributed by atoms with Gasteiger partial charge in [0, 0.05) is 6.20 Å². The number of ether oxygens (including phenoxy) is 1. The molecule has 3 aromatic heterocycles. The number of thiophene rings is 1. The lowest BCUT2D eigenvalue weighted by atomic mass is 10.1. The SMILES string of the molecule is COc1ccsc1-c1[nH]nc(N)c1-c1ccccn1. The number of nitrogen functional groups attached to an aromatic ring is 1. The molecule has 19 heavy (non-hydrogen) atoms. The first-order valence-electron chi connectivity index (χ1n) is 5.68. The van der Waals surface area contributed by atoms with Crippen molar-refractivity contribution in [3.05, 3.63) is 35.8 Å². The molecular formula is C13H12N4OS. The fourth-order valence-electron chi connectivity index (χ4n) is 1.93. The highest BCUT2D eigenvalue weighted by Gasteiger charge is 2.19. The zero-order valence-electron chi connectivity index (χ0n) is 10.3. The molecular weight excluding hydrogens is 260 g/mol. The van der Waals surface area contributed by atoms with Crippen molar-refractivity contribution in [2.24, 2.45) is 0 Å². The molecule has 0 aliphatic heterocycles. The van der Waals surface area contributed by atoms with Gasteiger partial charge >= 0.3 is 0 Å². The average molecular weight is 272 g/mol. The van der Waals surface area contributed by atoms with E-state index in [4.69, 9.17) is 10.5 Å². The van der Waals surface area contributed by atoms with Gasteiger partial charge in [-0.3, -0.25) is 10.1 Å². The van der Waals surface area contributed by atoms with E-state index < -0.39 is 0 Å². The summed E-state index contributed by atoms with van der Waals surface area (Å²) in [6, 6.07) is 7.61. The minimum absolute atomic E-state index is 0.434. The van der Waals surface area contributed by atoms with E-state index in [0.717, 1.165) is 27.6 Å². The maximum atomic E-state index is 5.95. The van der Waals surface area contributed by atoms with E-state index in [-0.39, 0.29) is 0 Å². The van der Waals surface area contributed by atoms with E-state index in [1.54, 1.807) is 24.6 Å². The predicted molar refractivity (Wildman–Crippen MR) is 76.1 cm³/mol. The number of hydrogen-bond donors (Lipinski definition) is 2. The summed E-state index contributed by atoms with van der Waals surface area (Å²) in [5.41, 5.74) is 8.39. The van der Waals surface area contributed by atoms with Crippen LogP contribution in [0, 0.1) is 0 Å². The molecule has 0 fully saturated rings. The molecule has 3 aromatic rings. The van der Waals surface area contributed by atoms with Crippen molar-refractivity contribution in [2.75, 3.05) is 12.8 Å². The van der Waals surface area contributed by atoms with Crippen LogP contribution in [0.2, 0.25) is 0 Å². The Bertz CT molecular complexity index is 690. The van der Waals surface area contributed by atoms with E-state index in [1.165, 1.54) is 0 Å². The van der Waals surface area contributed by atoms with Crippen LogP contribution in [0.5, 0.6) is 5.75 Å². The number of aromatic nitrogens is 3. The Morgan fingerprint density at radius 2 is 2.21 bits per heavy atom. The molecule has 0 unspecified atom stereocenters. The molecule has 96 valence electrons. The van der Waals surface area contributed by atoms with E-state index >= 15 is 0 Å². The summed E-state index contributed by atoms with van der Waals surface area (Å²) in [5.74, 6) is 1.23. The minimum Gasteiger partial charge on any atom is -0.495 e. The van der Waals surface area contributed by atoms with Gasteiger partial charge in [-0.1, -0.05) is 6.07 Å².